The van der Waals surface area contributed by atoms with Crippen LogP contribution in [0.25, 0.3) is 11.4 Å². The molecule has 148 valence electrons. The second-order valence-corrected chi connectivity index (χ2v) is 8.17. The molecule has 0 bridgehead atoms. The Morgan fingerprint density at radius 2 is 2.14 bits per heavy atom. The van der Waals surface area contributed by atoms with Crippen LogP contribution in [0.2, 0.25) is 0 Å². The minimum Gasteiger partial charge on any atom is -0.392 e. The predicted molar refractivity (Wildman–Crippen MR) is 106 cm³/mol. The lowest BCUT2D eigenvalue weighted by molar-refractivity contribution is -0.0731. The monoisotopic (exact) mass is 381 g/mol. The van der Waals surface area contributed by atoms with E-state index in [4.69, 9.17) is 0 Å². The molecule has 28 heavy (non-hydrogen) atoms. The topological polar surface area (TPSA) is 82.5 Å². The lowest BCUT2D eigenvalue weighted by Crippen LogP contribution is -2.59. The fourth-order valence-electron chi connectivity index (χ4n) is 4.59. The molecule has 1 N–H and O–H groups in total. The minimum absolute atomic E-state index is 0.0465. The SMILES string of the molecule is Cc1nc(-c2cccnc2)ncc1C(=O)N1CCC[C@]2(CN(C)CC[C@@H]2O)C1. The highest BCUT2D eigenvalue weighted by molar-refractivity contribution is 5.95. The molecule has 2 aromatic rings. The van der Waals surface area contributed by atoms with Crippen LogP contribution < -0.4 is 0 Å². The number of hydrogen-bond acceptors (Lipinski definition) is 6. The average molecular weight is 381 g/mol. The van der Waals surface area contributed by atoms with E-state index in [9.17, 15) is 9.90 Å². The highest BCUT2D eigenvalue weighted by atomic mass is 16.3. The lowest BCUT2D eigenvalue weighted by Gasteiger charge is -2.50. The molecule has 2 saturated heterocycles. The Morgan fingerprint density at radius 3 is 2.89 bits per heavy atom. The molecule has 4 heterocycles. The molecule has 0 aliphatic carbocycles. The van der Waals surface area contributed by atoms with Gasteiger partial charge >= 0.3 is 0 Å². The first-order valence-electron chi connectivity index (χ1n) is 9.88. The van der Waals surface area contributed by atoms with Crippen LogP contribution in [0.15, 0.2) is 30.7 Å². The number of aliphatic hydroxyl groups excluding tert-OH is 1. The Hall–Kier alpha value is -2.38. The number of piperidine rings is 2. The number of rotatable bonds is 2. The van der Waals surface area contributed by atoms with E-state index in [1.54, 1.807) is 18.6 Å². The fraction of sp³-hybridized carbons (Fsp3) is 0.524. The van der Waals surface area contributed by atoms with Crippen molar-refractivity contribution < 1.29 is 9.90 Å². The maximum atomic E-state index is 13.2. The smallest absolute Gasteiger partial charge is 0.257 e. The molecule has 2 fully saturated rings. The zero-order valence-electron chi connectivity index (χ0n) is 16.5. The van der Waals surface area contributed by atoms with Crippen LogP contribution in [0.3, 0.4) is 0 Å². The predicted octanol–water partition coefficient (Wildman–Crippen LogP) is 1.77. The Balaban J connectivity index is 1.56. The second-order valence-electron chi connectivity index (χ2n) is 8.17. The molecule has 2 aromatic heterocycles. The van der Waals surface area contributed by atoms with Crippen molar-refractivity contribution in [3.8, 4) is 11.4 Å². The number of amides is 1. The van der Waals surface area contributed by atoms with E-state index >= 15 is 0 Å². The molecule has 0 unspecified atom stereocenters. The molecule has 0 aromatic carbocycles. The number of hydrogen-bond donors (Lipinski definition) is 1. The molecule has 1 amide bonds. The highest BCUT2D eigenvalue weighted by Crippen LogP contribution is 2.38. The van der Waals surface area contributed by atoms with E-state index in [0.29, 0.717) is 30.2 Å². The van der Waals surface area contributed by atoms with Crippen LogP contribution >= 0.6 is 0 Å². The largest absolute Gasteiger partial charge is 0.392 e. The van der Waals surface area contributed by atoms with Crippen LogP contribution in [0.1, 0.15) is 35.3 Å². The summed E-state index contributed by atoms with van der Waals surface area (Å²) in [4.78, 5) is 30.4. The normalized spacial score (nSPS) is 25.8. The van der Waals surface area contributed by atoms with Crippen LogP contribution in [0.5, 0.6) is 0 Å². The van der Waals surface area contributed by atoms with Crippen molar-refractivity contribution in [3.63, 3.8) is 0 Å². The van der Waals surface area contributed by atoms with E-state index < -0.39 is 0 Å². The summed E-state index contributed by atoms with van der Waals surface area (Å²) in [6.07, 6.45) is 7.31. The number of aliphatic hydroxyl groups is 1. The van der Waals surface area contributed by atoms with Gasteiger partial charge in [-0.2, -0.15) is 0 Å². The minimum atomic E-state index is -0.357. The molecule has 2 atom stereocenters. The number of pyridine rings is 1. The van der Waals surface area contributed by atoms with Crippen molar-refractivity contribution in [1.29, 1.82) is 0 Å². The molecule has 7 heteroatoms. The number of carbonyl (C=O) groups is 1. The van der Waals surface area contributed by atoms with Gasteiger partial charge in [0.1, 0.15) is 0 Å². The summed E-state index contributed by atoms with van der Waals surface area (Å²) >= 11 is 0. The van der Waals surface area contributed by atoms with Gasteiger partial charge in [-0.1, -0.05) is 0 Å². The van der Waals surface area contributed by atoms with Gasteiger partial charge < -0.3 is 14.9 Å². The Labute approximate surface area is 165 Å². The lowest BCUT2D eigenvalue weighted by atomic mass is 9.71. The van der Waals surface area contributed by atoms with Crippen molar-refractivity contribution in [2.45, 2.75) is 32.3 Å². The van der Waals surface area contributed by atoms with Gasteiger partial charge in [-0.05, 0) is 45.4 Å². The number of aryl methyl sites for hydroxylation is 1. The Kier molecular flexibility index (Phi) is 5.12. The first kappa shape index (κ1) is 19.0. The third kappa shape index (κ3) is 3.52. The summed E-state index contributed by atoms with van der Waals surface area (Å²) in [7, 11) is 2.09. The third-order valence-electron chi connectivity index (χ3n) is 6.10. The summed E-state index contributed by atoms with van der Waals surface area (Å²) in [5, 5.41) is 10.7. The van der Waals surface area contributed by atoms with Crippen molar-refractivity contribution in [3.05, 3.63) is 42.0 Å². The zero-order valence-corrected chi connectivity index (χ0v) is 16.5. The number of aromatic nitrogens is 3. The fourth-order valence-corrected chi connectivity index (χ4v) is 4.59. The van der Waals surface area contributed by atoms with Crippen molar-refractivity contribution in [2.24, 2.45) is 5.41 Å². The molecule has 0 saturated carbocycles. The van der Waals surface area contributed by atoms with Gasteiger partial charge in [-0.3, -0.25) is 9.78 Å². The van der Waals surface area contributed by atoms with E-state index in [-0.39, 0.29) is 17.4 Å². The van der Waals surface area contributed by atoms with E-state index in [0.717, 1.165) is 37.9 Å². The molecule has 0 radical (unpaired) electrons. The van der Waals surface area contributed by atoms with E-state index in [1.807, 2.05) is 24.0 Å². The van der Waals surface area contributed by atoms with E-state index in [1.165, 1.54) is 0 Å². The first-order valence-corrected chi connectivity index (χ1v) is 9.88. The average Bonchev–Trinajstić information content (AvgIpc) is 2.71. The molecular formula is C21H27N5O2. The van der Waals surface area contributed by atoms with Crippen LogP contribution in [-0.2, 0) is 0 Å². The third-order valence-corrected chi connectivity index (χ3v) is 6.10. The summed E-state index contributed by atoms with van der Waals surface area (Å²) in [6, 6.07) is 3.74. The standard InChI is InChI=1S/C21H27N5O2/c1-15-17(12-23-19(24-15)16-5-3-8-22-11-16)20(28)26-9-4-7-21(14-26)13-25(2)10-6-18(21)27/h3,5,8,11-12,18,27H,4,6-7,9-10,13-14H2,1-2H3/t18-,21-/m0/s1. The summed E-state index contributed by atoms with van der Waals surface area (Å²) < 4.78 is 0. The summed E-state index contributed by atoms with van der Waals surface area (Å²) in [5.74, 6) is 0.524. The van der Waals surface area contributed by atoms with Gasteiger partial charge in [0.05, 0.1) is 17.4 Å². The molecule has 4 rings (SSSR count). The van der Waals surface area contributed by atoms with Crippen molar-refractivity contribution in [1.82, 2.24) is 24.8 Å². The molecule has 7 nitrogen and oxygen atoms in total. The molecule has 2 aliphatic rings. The summed E-state index contributed by atoms with van der Waals surface area (Å²) in [6.45, 7) is 4.87. The number of nitrogens with zero attached hydrogens (tertiary/aromatic N) is 5. The second kappa shape index (κ2) is 7.56. The van der Waals surface area contributed by atoms with Crippen LogP contribution in [-0.4, -0.2) is 75.1 Å². The molecule has 2 aliphatic heterocycles. The maximum Gasteiger partial charge on any atom is 0.257 e. The highest BCUT2D eigenvalue weighted by Gasteiger charge is 2.45. The maximum absolute atomic E-state index is 13.2. The number of carbonyl (C=O) groups excluding carboxylic acids is 1. The summed E-state index contributed by atoms with van der Waals surface area (Å²) in [5.41, 5.74) is 1.80. The van der Waals surface area contributed by atoms with Gasteiger partial charge in [-0.15, -0.1) is 0 Å². The van der Waals surface area contributed by atoms with Crippen LogP contribution in [0.4, 0.5) is 0 Å². The van der Waals surface area contributed by atoms with Gasteiger partial charge in [0.25, 0.3) is 5.91 Å². The van der Waals surface area contributed by atoms with Crippen molar-refractivity contribution >= 4 is 5.91 Å². The first-order chi connectivity index (χ1) is 13.5. The van der Waals surface area contributed by atoms with Gasteiger partial charge in [-0.25, -0.2) is 9.97 Å². The van der Waals surface area contributed by atoms with Crippen LogP contribution in [0, 0.1) is 12.3 Å². The Morgan fingerprint density at radius 1 is 1.29 bits per heavy atom. The van der Waals surface area contributed by atoms with Gasteiger partial charge in [0.15, 0.2) is 5.82 Å². The molecular weight excluding hydrogens is 354 g/mol. The number of likely N-dealkylation sites (tertiary alicyclic amines) is 2. The van der Waals surface area contributed by atoms with Gasteiger partial charge in [0.2, 0.25) is 0 Å². The zero-order chi connectivity index (χ0) is 19.7. The van der Waals surface area contributed by atoms with Gasteiger partial charge in [0, 0.05) is 55.7 Å². The quantitative estimate of drug-likeness (QED) is 0.854. The Bertz CT molecular complexity index is 859. The molecule has 1 spiro atoms. The van der Waals surface area contributed by atoms with E-state index in [2.05, 4.69) is 26.9 Å². The van der Waals surface area contributed by atoms with Crippen molar-refractivity contribution in [2.75, 3.05) is 33.2 Å².